The van der Waals surface area contributed by atoms with E-state index < -0.39 is 0 Å². The Morgan fingerprint density at radius 2 is 1.89 bits per heavy atom. The maximum Gasteiger partial charge on any atom is 0.255 e. The topological polar surface area (TPSA) is 74.2 Å². The lowest BCUT2D eigenvalue weighted by Crippen LogP contribution is -2.18. The molecule has 19 heavy (non-hydrogen) atoms. The van der Waals surface area contributed by atoms with Gasteiger partial charge >= 0.3 is 0 Å². The van der Waals surface area contributed by atoms with Crippen molar-refractivity contribution >= 4 is 12.4 Å². The van der Waals surface area contributed by atoms with Crippen molar-refractivity contribution in [3.05, 3.63) is 11.7 Å². The maximum atomic E-state index is 5.78. The number of hydrogen-bond donors (Lipinski definition) is 1. The zero-order chi connectivity index (χ0) is 12.4. The molecule has 108 valence electrons. The van der Waals surface area contributed by atoms with Gasteiger partial charge in [0.05, 0.1) is 6.10 Å². The first-order valence-electron chi connectivity index (χ1n) is 7.06. The third-order valence-corrected chi connectivity index (χ3v) is 4.07. The number of nitrogens with zero attached hydrogens (tertiary/aromatic N) is 2. The van der Waals surface area contributed by atoms with E-state index in [1.165, 1.54) is 32.1 Å². The molecule has 3 rings (SSSR count). The van der Waals surface area contributed by atoms with E-state index in [0.717, 1.165) is 18.7 Å². The summed E-state index contributed by atoms with van der Waals surface area (Å²) in [4.78, 5) is 4.54. The van der Waals surface area contributed by atoms with Crippen LogP contribution in [0.3, 0.4) is 0 Å². The summed E-state index contributed by atoms with van der Waals surface area (Å²) < 4.78 is 11.1. The number of rotatable bonds is 3. The van der Waals surface area contributed by atoms with Crippen LogP contribution < -0.4 is 5.73 Å². The van der Waals surface area contributed by atoms with Crippen LogP contribution in [0.2, 0.25) is 0 Å². The van der Waals surface area contributed by atoms with Crippen LogP contribution in [0.15, 0.2) is 4.52 Å². The Bertz CT molecular complexity index is 393. The highest BCUT2D eigenvalue weighted by atomic mass is 35.5. The molecule has 1 saturated carbocycles. The van der Waals surface area contributed by atoms with Gasteiger partial charge in [-0.1, -0.05) is 24.4 Å². The SMILES string of the molecule is Cl.NCC1CCC(c2nc(C3CCCCC3)no2)O1. The van der Waals surface area contributed by atoms with Gasteiger partial charge in [-0.15, -0.1) is 12.4 Å². The highest BCUT2D eigenvalue weighted by Gasteiger charge is 2.31. The Labute approximate surface area is 119 Å². The predicted octanol–water partition coefficient (Wildman–Crippen LogP) is 2.72. The van der Waals surface area contributed by atoms with Gasteiger partial charge in [-0.3, -0.25) is 0 Å². The molecule has 5 nitrogen and oxygen atoms in total. The van der Waals surface area contributed by atoms with Crippen molar-refractivity contribution in [1.29, 1.82) is 0 Å². The van der Waals surface area contributed by atoms with Gasteiger partial charge < -0.3 is 15.0 Å². The van der Waals surface area contributed by atoms with Gasteiger partial charge in [0.1, 0.15) is 6.10 Å². The minimum Gasteiger partial charge on any atom is -0.364 e. The Morgan fingerprint density at radius 3 is 2.58 bits per heavy atom. The van der Waals surface area contributed by atoms with Gasteiger partial charge in [0.15, 0.2) is 5.82 Å². The van der Waals surface area contributed by atoms with Gasteiger partial charge in [0.2, 0.25) is 0 Å². The van der Waals surface area contributed by atoms with E-state index in [-0.39, 0.29) is 24.6 Å². The lowest BCUT2D eigenvalue weighted by atomic mass is 9.89. The summed E-state index contributed by atoms with van der Waals surface area (Å²) in [6.07, 6.45) is 8.32. The molecule has 2 aliphatic rings. The van der Waals surface area contributed by atoms with Crippen LogP contribution >= 0.6 is 12.4 Å². The van der Waals surface area contributed by atoms with Crippen molar-refractivity contribution in [2.75, 3.05) is 6.54 Å². The highest BCUT2D eigenvalue weighted by Crippen LogP contribution is 2.34. The molecule has 1 aliphatic carbocycles. The summed E-state index contributed by atoms with van der Waals surface area (Å²) in [5, 5.41) is 4.14. The van der Waals surface area contributed by atoms with Crippen LogP contribution in [-0.4, -0.2) is 22.8 Å². The fourth-order valence-corrected chi connectivity index (χ4v) is 2.97. The predicted molar refractivity (Wildman–Crippen MR) is 73.3 cm³/mol. The molecule has 2 atom stereocenters. The molecule has 0 amide bonds. The Morgan fingerprint density at radius 1 is 1.11 bits per heavy atom. The highest BCUT2D eigenvalue weighted by molar-refractivity contribution is 5.85. The van der Waals surface area contributed by atoms with E-state index >= 15 is 0 Å². The van der Waals surface area contributed by atoms with Gasteiger partial charge in [0.25, 0.3) is 5.89 Å². The lowest BCUT2D eigenvalue weighted by molar-refractivity contribution is 0.0307. The third kappa shape index (κ3) is 3.27. The van der Waals surface area contributed by atoms with E-state index in [2.05, 4.69) is 10.1 Å². The minimum atomic E-state index is -0.0385. The first-order valence-corrected chi connectivity index (χ1v) is 7.06. The fourth-order valence-electron chi connectivity index (χ4n) is 2.97. The monoisotopic (exact) mass is 287 g/mol. The molecular formula is C13H22ClN3O2. The molecule has 2 N–H and O–H groups in total. The van der Waals surface area contributed by atoms with Crippen molar-refractivity contribution in [3.8, 4) is 0 Å². The van der Waals surface area contributed by atoms with Crippen molar-refractivity contribution in [1.82, 2.24) is 10.1 Å². The van der Waals surface area contributed by atoms with Crippen LogP contribution in [0.4, 0.5) is 0 Å². The van der Waals surface area contributed by atoms with E-state index in [1.807, 2.05) is 0 Å². The zero-order valence-electron chi connectivity index (χ0n) is 11.1. The summed E-state index contributed by atoms with van der Waals surface area (Å²) in [5.74, 6) is 2.01. The molecule has 1 aliphatic heterocycles. The second-order valence-electron chi connectivity index (χ2n) is 5.39. The largest absolute Gasteiger partial charge is 0.364 e. The van der Waals surface area contributed by atoms with Gasteiger partial charge in [0, 0.05) is 12.5 Å². The summed E-state index contributed by atoms with van der Waals surface area (Å²) in [6, 6.07) is 0. The van der Waals surface area contributed by atoms with Crippen molar-refractivity contribution < 1.29 is 9.26 Å². The van der Waals surface area contributed by atoms with Crippen LogP contribution in [0.5, 0.6) is 0 Å². The van der Waals surface area contributed by atoms with Gasteiger partial charge in [-0.2, -0.15) is 4.98 Å². The smallest absolute Gasteiger partial charge is 0.255 e. The Kier molecular flexibility index (Phi) is 5.19. The molecule has 0 spiro atoms. The molecule has 2 heterocycles. The number of nitrogens with two attached hydrogens (primary N) is 1. The average Bonchev–Trinajstić information content (AvgIpc) is 3.08. The fraction of sp³-hybridized carbons (Fsp3) is 0.846. The van der Waals surface area contributed by atoms with E-state index in [1.54, 1.807) is 0 Å². The molecule has 1 saturated heterocycles. The third-order valence-electron chi connectivity index (χ3n) is 4.07. The number of halogens is 1. The molecule has 1 aromatic rings. The van der Waals surface area contributed by atoms with Gasteiger partial charge in [-0.25, -0.2) is 0 Å². The number of aromatic nitrogens is 2. The molecular weight excluding hydrogens is 266 g/mol. The van der Waals surface area contributed by atoms with E-state index in [4.69, 9.17) is 15.0 Å². The quantitative estimate of drug-likeness (QED) is 0.925. The van der Waals surface area contributed by atoms with Crippen molar-refractivity contribution in [3.63, 3.8) is 0 Å². The molecule has 0 aromatic carbocycles. The van der Waals surface area contributed by atoms with Crippen molar-refractivity contribution in [2.24, 2.45) is 5.73 Å². The number of hydrogen-bond acceptors (Lipinski definition) is 5. The first kappa shape index (κ1) is 14.8. The van der Waals surface area contributed by atoms with Gasteiger partial charge in [-0.05, 0) is 25.7 Å². The molecule has 0 radical (unpaired) electrons. The van der Waals surface area contributed by atoms with Crippen LogP contribution in [0.25, 0.3) is 0 Å². The Balaban J connectivity index is 0.00000133. The summed E-state index contributed by atoms with van der Waals surface area (Å²) in [5.41, 5.74) is 5.60. The second kappa shape index (κ2) is 6.68. The first-order chi connectivity index (χ1) is 8.86. The van der Waals surface area contributed by atoms with E-state index in [0.29, 0.717) is 18.4 Å². The number of ether oxygens (including phenoxy) is 1. The molecule has 6 heteroatoms. The second-order valence-corrected chi connectivity index (χ2v) is 5.39. The van der Waals surface area contributed by atoms with Crippen LogP contribution in [0, 0.1) is 0 Å². The Hall–Kier alpha value is -0.650. The molecule has 2 fully saturated rings. The van der Waals surface area contributed by atoms with Crippen LogP contribution in [0.1, 0.15) is 68.7 Å². The van der Waals surface area contributed by atoms with Crippen LogP contribution in [-0.2, 0) is 4.74 Å². The standard InChI is InChI=1S/C13H21N3O2.ClH/c14-8-10-6-7-11(17-10)13-15-12(16-18-13)9-4-2-1-3-5-9;/h9-11H,1-8,14H2;1H. The normalized spacial score (nSPS) is 28.3. The maximum absolute atomic E-state index is 5.78. The summed E-state index contributed by atoms with van der Waals surface area (Å²) in [7, 11) is 0. The minimum absolute atomic E-state index is 0. The zero-order valence-corrected chi connectivity index (χ0v) is 11.9. The molecule has 2 unspecified atom stereocenters. The summed E-state index contributed by atoms with van der Waals surface area (Å²) in [6.45, 7) is 0.570. The van der Waals surface area contributed by atoms with Crippen molar-refractivity contribution in [2.45, 2.75) is 63.1 Å². The summed E-state index contributed by atoms with van der Waals surface area (Å²) >= 11 is 0. The van der Waals surface area contributed by atoms with E-state index in [9.17, 15) is 0 Å². The molecule has 1 aromatic heterocycles. The lowest BCUT2D eigenvalue weighted by Gasteiger charge is -2.17. The average molecular weight is 288 g/mol. The molecule has 0 bridgehead atoms.